The molecule has 0 saturated heterocycles. The molecule has 2 unspecified atom stereocenters. The van der Waals surface area contributed by atoms with E-state index in [0.717, 1.165) is 35.7 Å². The molecular weight excluding hydrogens is 1210 g/mol. The van der Waals surface area contributed by atoms with Crippen LogP contribution in [0.4, 0.5) is 0 Å². The van der Waals surface area contributed by atoms with Gasteiger partial charge in [0.15, 0.2) is 5.78 Å². The lowest BCUT2D eigenvalue weighted by Gasteiger charge is -2.35. The number of carbonyl (C=O) groups excluding carboxylic acids is 11. The van der Waals surface area contributed by atoms with Gasteiger partial charge < -0.3 is 63.5 Å². The van der Waals surface area contributed by atoms with Gasteiger partial charge >= 0.3 is 0 Å². The molecule has 2 aromatic heterocycles. The number of aryl methyl sites for hydroxylation is 2. The number of benzene rings is 2. The Labute approximate surface area is 549 Å². The minimum atomic E-state index is -1.72. The lowest BCUT2D eigenvalue weighted by atomic mass is 9.76. The SMILES string of the molecule is CC(=O)N[C@@H](CC(C)C)C(=O)N[C@H](C(=O)N[C@@H](Cc1ccccc1)C(=O)N[C@]1(C)CCCCCCn2cc(nn2)CCC[C@@](C)(C(=O)NC(CO)C(=O)N[C@@H](C)C(=O)NC(C)C(N)=O)NC(=O)[C@H](CC2CCC2)CCC(=O)[C@H](Cc2c[nH]c3ccccc23)CC1=O)[C@@H](C)O. The van der Waals surface area contributed by atoms with Crippen LogP contribution in [0.15, 0.2) is 67.0 Å². The van der Waals surface area contributed by atoms with E-state index >= 15 is 19.2 Å². The van der Waals surface area contributed by atoms with Gasteiger partial charge in [0.2, 0.25) is 53.2 Å². The van der Waals surface area contributed by atoms with Crippen LogP contribution < -0.4 is 48.3 Å². The average molecular weight is 1310 g/mol. The first-order chi connectivity index (χ1) is 44.6. The van der Waals surface area contributed by atoms with Crippen molar-refractivity contribution in [1.29, 1.82) is 0 Å². The highest BCUT2D eigenvalue weighted by Crippen LogP contribution is 2.35. The van der Waals surface area contributed by atoms with Gasteiger partial charge in [-0.1, -0.05) is 106 Å². The molecular formula is C68H99N13O13. The van der Waals surface area contributed by atoms with Crippen LogP contribution in [0.1, 0.15) is 169 Å². The molecule has 1 saturated carbocycles. The minimum absolute atomic E-state index is 0.0280. The third kappa shape index (κ3) is 22.1. The van der Waals surface area contributed by atoms with Crippen LogP contribution >= 0.6 is 0 Å². The Bertz CT molecular complexity index is 3270. The van der Waals surface area contributed by atoms with Crippen molar-refractivity contribution in [3.05, 3.63) is 83.8 Å². The highest BCUT2D eigenvalue weighted by molar-refractivity contribution is 6.00. The molecule has 94 heavy (non-hydrogen) atoms. The summed E-state index contributed by atoms with van der Waals surface area (Å²) >= 11 is 0. The van der Waals surface area contributed by atoms with Crippen molar-refractivity contribution >= 4 is 75.6 Å². The van der Waals surface area contributed by atoms with E-state index in [4.69, 9.17) is 5.73 Å². The largest absolute Gasteiger partial charge is 0.394 e. The molecule has 13 N–H and O–H groups in total. The summed E-state index contributed by atoms with van der Waals surface area (Å²) in [6.45, 7) is 11.7. The van der Waals surface area contributed by atoms with Crippen molar-refractivity contribution in [2.24, 2.45) is 29.4 Å². The third-order valence-electron chi connectivity index (χ3n) is 18.1. The second-order valence-corrected chi connectivity index (χ2v) is 26.7. The van der Waals surface area contributed by atoms with Crippen molar-refractivity contribution in [1.82, 2.24) is 62.5 Å². The molecule has 514 valence electrons. The number of H-pyrrole nitrogens is 1. The summed E-state index contributed by atoms with van der Waals surface area (Å²) in [7, 11) is 0. The van der Waals surface area contributed by atoms with Crippen LogP contribution in [0, 0.1) is 23.7 Å². The van der Waals surface area contributed by atoms with Crippen molar-refractivity contribution in [2.45, 2.75) is 231 Å². The Balaban J connectivity index is 1.33. The maximum atomic E-state index is 15.6. The molecule has 6 rings (SSSR count). The van der Waals surface area contributed by atoms with Gasteiger partial charge in [-0.15, -0.1) is 5.10 Å². The molecule has 1 fully saturated rings. The molecule has 26 nitrogen and oxygen atoms in total. The van der Waals surface area contributed by atoms with E-state index in [-0.39, 0.29) is 69.0 Å². The number of Topliss-reactive ketones (excluding diaryl/α,β-unsaturated/α-hetero) is 2. The summed E-state index contributed by atoms with van der Waals surface area (Å²) in [5.74, 6) is -9.10. The Morgan fingerprint density at radius 2 is 1.39 bits per heavy atom. The van der Waals surface area contributed by atoms with Crippen LogP contribution in [-0.4, -0.2) is 155 Å². The molecule has 9 amide bonds. The summed E-state index contributed by atoms with van der Waals surface area (Å²) in [4.78, 5) is 157. The number of nitrogens with zero attached hydrogens (tertiary/aromatic N) is 3. The predicted molar refractivity (Wildman–Crippen MR) is 350 cm³/mol. The second kappa shape index (κ2) is 35.2. The number of amides is 9. The number of aromatic amines is 1. The van der Waals surface area contributed by atoms with E-state index in [1.165, 1.54) is 34.6 Å². The number of primary amides is 1. The molecule has 1 aliphatic carbocycles. The molecule has 26 heteroatoms. The van der Waals surface area contributed by atoms with Gasteiger partial charge in [-0.05, 0) is 121 Å². The number of fused-ring (bicyclic) bond motifs is 3. The molecule has 0 radical (unpaired) electrons. The number of para-hydroxylation sites is 1. The number of rotatable bonds is 24. The van der Waals surface area contributed by atoms with Crippen LogP contribution in [0.5, 0.6) is 0 Å². The van der Waals surface area contributed by atoms with Crippen LogP contribution in [-0.2, 0) is 78.5 Å². The van der Waals surface area contributed by atoms with Crippen molar-refractivity contribution < 1.29 is 63.0 Å². The van der Waals surface area contributed by atoms with Crippen LogP contribution in [0.3, 0.4) is 0 Å². The summed E-state index contributed by atoms with van der Waals surface area (Å²) in [5.41, 5.74) is 4.75. The molecule has 2 bridgehead atoms. The first-order valence-corrected chi connectivity index (χ1v) is 33.1. The lowest BCUT2D eigenvalue weighted by Crippen LogP contribution is -2.62. The maximum Gasteiger partial charge on any atom is 0.246 e. The number of aliphatic hydroxyl groups excluding tert-OH is 2. The lowest BCUT2D eigenvalue weighted by molar-refractivity contribution is -0.139. The Morgan fingerprint density at radius 1 is 0.713 bits per heavy atom. The zero-order valence-electron chi connectivity index (χ0n) is 55.6. The topological polar surface area (TPSA) is 397 Å². The number of hydrogen-bond acceptors (Lipinski definition) is 15. The maximum absolute atomic E-state index is 15.6. The van der Waals surface area contributed by atoms with Crippen LogP contribution in [0.2, 0.25) is 0 Å². The van der Waals surface area contributed by atoms with Crippen LogP contribution in [0.25, 0.3) is 10.9 Å². The van der Waals surface area contributed by atoms with Gasteiger partial charge in [-0.25, -0.2) is 0 Å². The predicted octanol–water partition coefficient (Wildman–Crippen LogP) is 2.89. The molecule has 2 aromatic carbocycles. The van der Waals surface area contributed by atoms with Gasteiger partial charge in [-0.3, -0.25) is 57.4 Å². The van der Waals surface area contributed by atoms with Gasteiger partial charge in [0.1, 0.15) is 47.6 Å². The second-order valence-electron chi connectivity index (χ2n) is 26.7. The summed E-state index contributed by atoms with van der Waals surface area (Å²) < 4.78 is 1.70. The molecule has 3 heterocycles. The Kier molecular flexibility index (Phi) is 28.0. The van der Waals surface area contributed by atoms with E-state index in [0.29, 0.717) is 62.7 Å². The van der Waals surface area contributed by atoms with E-state index in [1.54, 1.807) is 54.3 Å². The number of aromatic nitrogens is 4. The molecule has 4 aromatic rings. The Hall–Kier alpha value is -8.39. The average Bonchev–Trinajstić information content (AvgIpc) is 1.31. The van der Waals surface area contributed by atoms with Crippen molar-refractivity contribution in [3.8, 4) is 0 Å². The first kappa shape index (κ1) is 74.6. The number of aliphatic hydroxyl groups is 2. The normalized spacial score (nSPS) is 22.1. The van der Waals surface area contributed by atoms with Crippen molar-refractivity contribution in [3.63, 3.8) is 0 Å². The Morgan fingerprint density at radius 3 is 2.05 bits per heavy atom. The van der Waals surface area contributed by atoms with E-state index in [1.807, 2.05) is 38.1 Å². The van der Waals surface area contributed by atoms with Gasteiger partial charge in [0.25, 0.3) is 0 Å². The number of carbonyl (C=O) groups is 11. The minimum Gasteiger partial charge on any atom is -0.394 e. The molecule has 11 atom stereocenters. The number of nitrogens with two attached hydrogens (primary N) is 1. The third-order valence-corrected chi connectivity index (χ3v) is 18.1. The highest BCUT2D eigenvalue weighted by atomic mass is 16.3. The van der Waals surface area contributed by atoms with E-state index < -0.39 is 131 Å². The zero-order chi connectivity index (χ0) is 68.9. The fourth-order valence-corrected chi connectivity index (χ4v) is 12.1. The number of hydrogen-bond donors (Lipinski definition) is 12. The van der Waals surface area contributed by atoms with E-state index in [9.17, 15) is 43.8 Å². The number of nitrogens with one attached hydrogen (secondary N) is 9. The zero-order valence-corrected chi connectivity index (χ0v) is 55.6. The fourth-order valence-electron chi connectivity index (χ4n) is 12.1. The molecule has 1 aliphatic heterocycles. The van der Waals surface area contributed by atoms with Gasteiger partial charge in [-0.2, -0.15) is 0 Å². The quantitative estimate of drug-likeness (QED) is 0.0480. The summed E-state index contributed by atoms with van der Waals surface area (Å²) in [6.07, 6.45) is 8.14. The summed E-state index contributed by atoms with van der Waals surface area (Å²) in [5, 5.41) is 52.4. The first-order valence-electron chi connectivity index (χ1n) is 33.1. The number of ketones is 2. The standard InChI is InChI=1S/C68H99N13O13/c1-40(2)32-53(73-44(6)84)62(90)76-58(43(5)83)65(93)74-54(34-46-20-12-11-13-21-46)64(92)78-67(7)29-16-9-10-17-31-81-38-50(79-80-81)24-19-30-68(8,66(94)75-55(39-82)63(91)72-42(4)60(88)71-41(3)59(69)87)77-61(89)47(33-45-22-18-23-45)27-28-56(85)48(36-57(67)86)35-49-37-70-52-26-15-14-25-51(49)52/h11-15,20-21,25-26,37-38,40-43,45,47-48,53-55,58,70,82-83H,9-10,16-19,22-24,27-36,39H2,1-8H3,(H2,69,87)(H,71,88)(H,72,91)(H,73,84)(H,74,93)(H,75,94)(H,76,90)(H,77,89)(H,78,92)/t41?,42-,43+,47-,48+,53-,54-,55?,58-,67+,68-/m0/s1. The molecule has 0 spiro atoms. The van der Waals surface area contributed by atoms with Crippen molar-refractivity contribution in [2.75, 3.05) is 6.61 Å². The van der Waals surface area contributed by atoms with Gasteiger partial charge in [0, 0.05) is 67.9 Å². The van der Waals surface area contributed by atoms with E-state index in [2.05, 4.69) is 57.8 Å². The monoisotopic (exact) mass is 1310 g/mol. The fraction of sp³-hybridized carbons (Fsp3) is 0.603. The summed E-state index contributed by atoms with van der Waals surface area (Å²) in [6, 6.07) is 8.57. The highest BCUT2D eigenvalue weighted by Gasteiger charge is 2.43. The smallest absolute Gasteiger partial charge is 0.246 e. The van der Waals surface area contributed by atoms with Gasteiger partial charge in [0.05, 0.1) is 23.9 Å². The molecule has 2 aliphatic rings.